The second kappa shape index (κ2) is 7.17. The number of aryl methyl sites for hydroxylation is 1. The van der Waals surface area contributed by atoms with Gasteiger partial charge in [0.05, 0.1) is 0 Å². The average Bonchev–Trinajstić information content (AvgIpc) is 2.52. The molecule has 1 saturated heterocycles. The van der Waals surface area contributed by atoms with Crippen molar-refractivity contribution in [1.82, 2.24) is 4.90 Å². The summed E-state index contributed by atoms with van der Waals surface area (Å²) in [5.41, 5.74) is 3.87. The van der Waals surface area contributed by atoms with E-state index in [2.05, 4.69) is 47.5 Å². The smallest absolute Gasteiger partial charge is 0.0426 e. The SMILES string of the molecule is Cc1ccc(CN2CCC(Nc3cccc(Cl)c3)CC2)cc1. The molecular formula is C19H23ClN2. The first-order valence-electron chi connectivity index (χ1n) is 7.99. The highest BCUT2D eigenvalue weighted by Gasteiger charge is 2.19. The third-order valence-electron chi connectivity index (χ3n) is 4.31. The quantitative estimate of drug-likeness (QED) is 0.878. The molecule has 0 bridgehead atoms. The van der Waals surface area contributed by atoms with Gasteiger partial charge in [0.2, 0.25) is 0 Å². The summed E-state index contributed by atoms with van der Waals surface area (Å²) in [7, 11) is 0. The topological polar surface area (TPSA) is 15.3 Å². The van der Waals surface area contributed by atoms with E-state index < -0.39 is 0 Å². The second-order valence-electron chi connectivity index (χ2n) is 6.19. The molecule has 0 amide bonds. The highest BCUT2D eigenvalue weighted by atomic mass is 35.5. The Hall–Kier alpha value is -1.51. The Labute approximate surface area is 138 Å². The van der Waals surface area contributed by atoms with Gasteiger partial charge in [-0.15, -0.1) is 0 Å². The van der Waals surface area contributed by atoms with Gasteiger partial charge in [-0.05, 0) is 43.5 Å². The molecule has 1 heterocycles. The van der Waals surface area contributed by atoms with Crippen LogP contribution in [0.15, 0.2) is 48.5 Å². The summed E-state index contributed by atoms with van der Waals surface area (Å²) in [4.78, 5) is 2.54. The summed E-state index contributed by atoms with van der Waals surface area (Å²) in [6.45, 7) is 5.49. The van der Waals surface area contributed by atoms with Crippen molar-refractivity contribution in [2.24, 2.45) is 0 Å². The van der Waals surface area contributed by atoms with E-state index in [1.807, 2.05) is 18.2 Å². The minimum absolute atomic E-state index is 0.549. The lowest BCUT2D eigenvalue weighted by Gasteiger charge is -2.33. The van der Waals surface area contributed by atoms with Crippen molar-refractivity contribution < 1.29 is 0 Å². The standard InChI is InChI=1S/C19H23ClN2/c1-15-5-7-16(8-6-15)14-22-11-9-18(10-12-22)21-19-4-2-3-17(20)13-19/h2-8,13,18,21H,9-12,14H2,1H3. The molecule has 0 saturated carbocycles. The van der Waals surface area contributed by atoms with E-state index in [1.165, 1.54) is 24.0 Å². The molecule has 3 rings (SSSR count). The Bertz CT molecular complexity index is 601. The Morgan fingerprint density at radius 2 is 1.82 bits per heavy atom. The summed E-state index contributed by atoms with van der Waals surface area (Å²) >= 11 is 6.04. The summed E-state index contributed by atoms with van der Waals surface area (Å²) in [6, 6.07) is 17.4. The van der Waals surface area contributed by atoms with E-state index in [-0.39, 0.29) is 0 Å². The maximum atomic E-state index is 6.04. The van der Waals surface area contributed by atoms with Gasteiger partial charge in [-0.2, -0.15) is 0 Å². The number of hydrogen-bond acceptors (Lipinski definition) is 2. The van der Waals surface area contributed by atoms with Gasteiger partial charge in [0.1, 0.15) is 0 Å². The molecule has 3 heteroatoms. The maximum absolute atomic E-state index is 6.04. The summed E-state index contributed by atoms with van der Waals surface area (Å²) < 4.78 is 0. The van der Waals surface area contributed by atoms with E-state index in [0.29, 0.717) is 6.04 Å². The first-order valence-corrected chi connectivity index (χ1v) is 8.37. The van der Waals surface area contributed by atoms with Crippen LogP contribution >= 0.6 is 11.6 Å². The molecule has 1 N–H and O–H groups in total. The van der Waals surface area contributed by atoms with Gasteiger partial charge in [0.15, 0.2) is 0 Å². The summed E-state index contributed by atoms with van der Waals surface area (Å²) in [5, 5.41) is 4.40. The van der Waals surface area contributed by atoms with Crippen LogP contribution in [0.25, 0.3) is 0 Å². The molecule has 2 aromatic carbocycles. The predicted octanol–water partition coefficient (Wildman–Crippen LogP) is 4.72. The van der Waals surface area contributed by atoms with Crippen LogP contribution < -0.4 is 5.32 Å². The minimum Gasteiger partial charge on any atom is -0.382 e. The molecule has 22 heavy (non-hydrogen) atoms. The molecular weight excluding hydrogens is 292 g/mol. The van der Waals surface area contributed by atoms with E-state index in [0.717, 1.165) is 30.3 Å². The zero-order valence-corrected chi connectivity index (χ0v) is 13.8. The predicted molar refractivity (Wildman–Crippen MR) is 94.6 cm³/mol. The Balaban J connectivity index is 1.49. The fourth-order valence-electron chi connectivity index (χ4n) is 3.00. The van der Waals surface area contributed by atoms with Crippen molar-refractivity contribution in [3.63, 3.8) is 0 Å². The normalized spacial score (nSPS) is 16.6. The third kappa shape index (κ3) is 4.25. The van der Waals surface area contributed by atoms with Crippen LogP contribution in [0.1, 0.15) is 24.0 Å². The Kier molecular flexibility index (Phi) is 5.01. The van der Waals surface area contributed by atoms with Gasteiger partial charge in [-0.3, -0.25) is 4.90 Å². The Morgan fingerprint density at radius 3 is 2.50 bits per heavy atom. The Morgan fingerprint density at radius 1 is 1.09 bits per heavy atom. The first-order chi connectivity index (χ1) is 10.7. The number of benzene rings is 2. The maximum Gasteiger partial charge on any atom is 0.0426 e. The molecule has 0 aliphatic carbocycles. The zero-order valence-electron chi connectivity index (χ0n) is 13.1. The molecule has 2 aromatic rings. The van der Waals surface area contributed by atoms with Crippen LogP contribution in [0, 0.1) is 6.92 Å². The van der Waals surface area contributed by atoms with Crippen LogP contribution in [0.2, 0.25) is 5.02 Å². The third-order valence-corrected chi connectivity index (χ3v) is 4.54. The molecule has 1 fully saturated rings. The number of likely N-dealkylation sites (tertiary alicyclic amines) is 1. The monoisotopic (exact) mass is 314 g/mol. The van der Waals surface area contributed by atoms with Gasteiger partial charge >= 0.3 is 0 Å². The molecule has 2 nitrogen and oxygen atoms in total. The van der Waals surface area contributed by atoms with Crippen LogP contribution in [0.4, 0.5) is 5.69 Å². The largest absolute Gasteiger partial charge is 0.382 e. The van der Waals surface area contributed by atoms with Crippen molar-refractivity contribution in [1.29, 1.82) is 0 Å². The van der Waals surface area contributed by atoms with Crippen molar-refractivity contribution in [2.45, 2.75) is 32.4 Å². The number of nitrogens with one attached hydrogen (secondary N) is 1. The van der Waals surface area contributed by atoms with Gasteiger partial charge in [-0.1, -0.05) is 47.5 Å². The number of piperidine rings is 1. The van der Waals surface area contributed by atoms with Crippen molar-refractivity contribution in [2.75, 3.05) is 18.4 Å². The fourth-order valence-corrected chi connectivity index (χ4v) is 3.19. The molecule has 0 aromatic heterocycles. The number of halogens is 1. The van der Waals surface area contributed by atoms with E-state index in [9.17, 15) is 0 Å². The van der Waals surface area contributed by atoms with Crippen molar-refractivity contribution >= 4 is 17.3 Å². The first kappa shape index (κ1) is 15.4. The summed E-state index contributed by atoms with van der Waals surface area (Å²) in [5.74, 6) is 0. The summed E-state index contributed by atoms with van der Waals surface area (Å²) in [6.07, 6.45) is 2.36. The van der Waals surface area contributed by atoms with Gasteiger partial charge < -0.3 is 5.32 Å². The zero-order chi connectivity index (χ0) is 15.4. The molecule has 0 spiro atoms. The van der Waals surface area contributed by atoms with Crippen LogP contribution in [-0.4, -0.2) is 24.0 Å². The lowest BCUT2D eigenvalue weighted by atomic mass is 10.0. The molecule has 0 unspecified atom stereocenters. The molecule has 1 aliphatic heterocycles. The van der Waals surface area contributed by atoms with E-state index >= 15 is 0 Å². The number of rotatable bonds is 4. The van der Waals surface area contributed by atoms with Gasteiger partial charge in [0.25, 0.3) is 0 Å². The number of anilines is 1. The van der Waals surface area contributed by atoms with Crippen LogP contribution in [0.5, 0.6) is 0 Å². The molecule has 0 atom stereocenters. The van der Waals surface area contributed by atoms with Crippen molar-refractivity contribution in [3.05, 3.63) is 64.7 Å². The molecule has 1 aliphatic rings. The highest BCUT2D eigenvalue weighted by molar-refractivity contribution is 6.30. The highest BCUT2D eigenvalue weighted by Crippen LogP contribution is 2.20. The van der Waals surface area contributed by atoms with Crippen LogP contribution in [0.3, 0.4) is 0 Å². The number of hydrogen-bond donors (Lipinski definition) is 1. The average molecular weight is 315 g/mol. The van der Waals surface area contributed by atoms with E-state index in [4.69, 9.17) is 11.6 Å². The lowest BCUT2D eigenvalue weighted by Crippen LogP contribution is -2.38. The van der Waals surface area contributed by atoms with E-state index in [1.54, 1.807) is 0 Å². The van der Waals surface area contributed by atoms with Crippen LogP contribution in [-0.2, 0) is 6.54 Å². The molecule has 116 valence electrons. The fraction of sp³-hybridized carbons (Fsp3) is 0.368. The molecule has 0 radical (unpaired) electrons. The second-order valence-corrected chi connectivity index (χ2v) is 6.63. The van der Waals surface area contributed by atoms with Gasteiger partial charge in [0, 0.05) is 36.4 Å². The minimum atomic E-state index is 0.549. The van der Waals surface area contributed by atoms with Gasteiger partial charge in [-0.25, -0.2) is 0 Å². The number of nitrogens with zero attached hydrogens (tertiary/aromatic N) is 1. The van der Waals surface area contributed by atoms with Crippen molar-refractivity contribution in [3.8, 4) is 0 Å². The lowest BCUT2D eigenvalue weighted by molar-refractivity contribution is 0.211.